The molecule has 1 aromatic carbocycles. The molecule has 1 fully saturated rings. The zero-order chi connectivity index (χ0) is 19.3. The SMILES string of the molecule is O=C(CN1C(=O)CSc2ncccc21)NC1CCN(Cc2ccccc2)CC1. The van der Waals surface area contributed by atoms with Crippen molar-refractivity contribution in [2.45, 2.75) is 30.5 Å². The number of fused-ring (bicyclic) bond motifs is 1. The molecule has 28 heavy (non-hydrogen) atoms. The standard InChI is InChI=1S/C21H24N4O2S/c26-19(14-25-18-7-4-10-22-21(18)28-15-20(25)27)23-17-8-11-24(12-9-17)13-16-5-2-1-3-6-16/h1-7,10,17H,8-9,11-15H2,(H,23,26). The van der Waals surface area contributed by atoms with Gasteiger partial charge in [-0.15, -0.1) is 0 Å². The Bertz CT molecular complexity index is 837. The van der Waals surface area contributed by atoms with Gasteiger partial charge >= 0.3 is 0 Å². The number of pyridine rings is 1. The van der Waals surface area contributed by atoms with Crippen molar-refractivity contribution in [2.75, 3.05) is 30.3 Å². The van der Waals surface area contributed by atoms with Gasteiger partial charge in [0.05, 0.1) is 11.4 Å². The zero-order valence-electron chi connectivity index (χ0n) is 15.7. The Labute approximate surface area is 169 Å². The highest BCUT2D eigenvalue weighted by molar-refractivity contribution is 8.00. The molecule has 2 aliphatic rings. The van der Waals surface area contributed by atoms with E-state index in [0.29, 0.717) is 5.75 Å². The van der Waals surface area contributed by atoms with Crippen LogP contribution in [0.25, 0.3) is 0 Å². The van der Waals surface area contributed by atoms with Gasteiger partial charge in [0.1, 0.15) is 11.6 Å². The van der Waals surface area contributed by atoms with Crippen LogP contribution in [0.5, 0.6) is 0 Å². The van der Waals surface area contributed by atoms with E-state index in [1.807, 2.05) is 12.1 Å². The van der Waals surface area contributed by atoms with E-state index in [9.17, 15) is 9.59 Å². The van der Waals surface area contributed by atoms with Crippen molar-refractivity contribution < 1.29 is 9.59 Å². The van der Waals surface area contributed by atoms with Gasteiger partial charge in [-0.05, 0) is 30.5 Å². The Kier molecular flexibility index (Phi) is 5.92. The van der Waals surface area contributed by atoms with Crippen molar-refractivity contribution in [1.29, 1.82) is 0 Å². The highest BCUT2D eigenvalue weighted by atomic mass is 32.2. The predicted molar refractivity (Wildman–Crippen MR) is 110 cm³/mol. The number of aromatic nitrogens is 1. The molecule has 3 heterocycles. The number of benzene rings is 1. The fourth-order valence-electron chi connectivity index (χ4n) is 3.71. The fraction of sp³-hybridized carbons (Fsp3) is 0.381. The quantitative estimate of drug-likeness (QED) is 0.840. The molecule has 146 valence electrons. The first-order chi connectivity index (χ1) is 13.7. The molecule has 0 atom stereocenters. The Balaban J connectivity index is 1.28. The Morgan fingerprint density at radius 2 is 1.93 bits per heavy atom. The van der Waals surface area contributed by atoms with Crippen LogP contribution in [0.3, 0.4) is 0 Å². The molecule has 1 saturated heterocycles. The number of carbonyl (C=O) groups excluding carboxylic acids is 2. The van der Waals surface area contributed by atoms with Crippen LogP contribution in [0.2, 0.25) is 0 Å². The second kappa shape index (κ2) is 8.75. The average molecular weight is 397 g/mol. The summed E-state index contributed by atoms with van der Waals surface area (Å²) in [6.45, 7) is 2.94. The van der Waals surface area contributed by atoms with Gasteiger partial charge in [-0.2, -0.15) is 0 Å². The third-order valence-corrected chi connectivity index (χ3v) is 6.16. The van der Waals surface area contributed by atoms with E-state index in [1.54, 1.807) is 17.2 Å². The Morgan fingerprint density at radius 1 is 1.14 bits per heavy atom. The third kappa shape index (κ3) is 4.54. The van der Waals surface area contributed by atoms with Crippen LogP contribution in [-0.2, 0) is 16.1 Å². The molecule has 0 radical (unpaired) electrons. The summed E-state index contributed by atoms with van der Waals surface area (Å²) in [6, 6.07) is 14.3. The fourth-order valence-corrected chi connectivity index (χ4v) is 4.59. The average Bonchev–Trinajstić information content (AvgIpc) is 2.72. The number of piperidine rings is 1. The minimum Gasteiger partial charge on any atom is -0.352 e. The number of carbonyl (C=O) groups is 2. The maximum Gasteiger partial charge on any atom is 0.240 e. The van der Waals surface area contributed by atoms with Crippen molar-refractivity contribution in [3.8, 4) is 0 Å². The van der Waals surface area contributed by atoms with Crippen molar-refractivity contribution in [3.05, 3.63) is 54.2 Å². The largest absolute Gasteiger partial charge is 0.352 e. The highest BCUT2D eigenvalue weighted by Gasteiger charge is 2.28. The number of amides is 2. The molecule has 0 spiro atoms. The first kappa shape index (κ1) is 19.0. The number of thioether (sulfide) groups is 1. The maximum absolute atomic E-state index is 12.6. The summed E-state index contributed by atoms with van der Waals surface area (Å²) in [4.78, 5) is 33.1. The number of hydrogen-bond acceptors (Lipinski definition) is 5. The smallest absolute Gasteiger partial charge is 0.240 e. The third-order valence-electron chi connectivity index (χ3n) is 5.18. The summed E-state index contributed by atoms with van der Waals surface area (Å²) in [5.74, 6) is 0.185. The lowest BCUT2D eigenvalue weighted by molar-refractivity contribution is -0.123. The van der Waals surface area contributed by atoms with E-state index in [4.69, 9.17) is 0 Å². The first-order valence-corrected chi connectivity index (χ1v) is 10.6. The van der Waals surface area contributed by atoms with Crippen LogP contribution in [0, 0.1) is 0 Å². The van der Waals surface area contributed by atoms with E-state index in [0.717, 1.165) is 43.2 Å². The van der Waals surface area contributed by atoms with Crippen LogP contribution in [0.1, 0.15) is 18.4 Å². The molecule has 2 aromatic rings. The van der Waals surface area contributed by atoms with Crippen molar-refractivity contribution in [3.63, 3.8) is 0 Å². The number of rotatable bonds is 5. The predicted octanol–water partition coefficient (Wildman–Crippen LogP) is 2.30. The topological polar surface area (TPSA) is 65.5 Å². The van der Waals surface area contributed by atoms with Gasteiger partial charge in [-0.3, -0.25) is 19.4 Å². The molecule has 7 heteroatoms. The molecule has 2 amide bonds. The summed E-state index contributed by atoms with van der Waals surface area (Å²) in [5.41, 5.74) is 2.05. The van der Waals surface area contributed by atoms with Gasteiger partial charge < -0.3 is 5.32 Å². The maximum atomic E-state index is 12.6. The van der Waals surface area contributed by atoms with E-state index >= 15 is 0 Å². The van der Waals surface area contributed by atoms with Crippen LogP contribution < -0.4 is 10.2 Å². The van der Waals surface area contributed by atoms with Crippen LogP contribution in [0.15, 0.2) is 53.7 Å². The van der Waals surface area contributed by atoms with Crippen molar-refractivity contribution in [2.24, 2.45) is 0 Å². The van der Waals surface area contributed by atoms with Crippen LogP contribution >= 0.6 is 11.8 Å². The molecular formula is C21H24N4O2S. The molecule has 0 saturated carbocycles. The normalized spacial score (nSPS) is 18.0. The molecule has 6 nitrogen and oxygen atoms in total. The summed E-state index contributed by atoms with van der Waals surface area (Å²) in [7, 11) is 0. The number of likely N-dealkylation sites (tertiary alicyclic amines) is 1. The van der Waals surface area contributed by atoms with Gasteiger partial charge in [-0.1, -0.05) is 42.1 Å². The lowest BCUT2D eigenvalue weighted by Crippen LogP contribution is -2.49. The second-order valence-corrected chi connectivity index (χ2v) is 8.16. The molecule has 0 bridgehead atoms. The van der Waals surface area contributed by atoms with E-state index in [1.165, 1.54) is 17.3 Å². The van der Waals surface area contributed by atoms with Crippen LogP contribution in [-0.4, -0.2) is 53.1 Å². The lowest BCUT2D eigenvalue weighted by Gasteiger charge is -2.33. The van der Waals surface area contributed by atoms with E-state index in [2.05, 4.69) is 39.5 Å². The van der Waals surface area contributed by atoms with Gasteiger partial charge in [0.2, 0.25) is 11.8 Å². The summed E-state index contributed by atoms with van der Waals surface area (Å²) in [6.07, 6.45) is 3.57. The lowest BCUT2D eigenvalue weighted by atomic mass is 10.0. The van der Waals surface area contributed by atoms with Gasteiger partial charge in [-0.25, -0.2) is 4.98 Å². The number of anilines is 1. The van der Waals surface area contributed by atoms with Crippen molar-refractivity contribution >= 4 is 29.3 Å². The minimum atomic E-state index is -0.100. The number of nitrogens with zero attached hydrogens (tertiary/aromatic N) is 3. The molecule has 1 aromatic heterocycles. The molecule has 4 rings (SSSR count). The Morgan fingerprint density at radius 3 is 2.71 bits per heavy atom. The highest BCUT2D eigenvalue weighted by Crippen LogP contribution is 2.32. The number of nitrogens with one attached hydrogen (secondary N) is 1. The Hall–Kier alpha value is -2.38. The monoisotopic (exact) mass is 396 g/mol. The minimum absolute atomic E-state index is 0.0432. The summed E-state index contributed by atoms with van der Waals surface area (Å²) in [5, 5.41) is 3.92. The molecular weight excluding hydrogens is 372 g/mol. The second-order valence-electron chi connectivity index (χ2n) is 7.20. The van der Waals surface area contributed by atoms with Crippen LogP contribution in [0.4, 0.5) is 5.69 Å². The van der Waals surface area contributed by atoms with E-state index in [-0.39, 0.29) is 24.4 Å². The zero-order valence-corrected chi connectivity index (χ0v) is 16.5. The van der Waals surface area contributed by atoms with Crippen molar-refractivity contribution in [1.82, 2.24) is 15.2 Å². The first-order valence-electron chi connectivity index (χ1n) is 9.63. The number of hydrogen-bond donors (Lipinski definition) is 1. The molecule has 1 N–H and O–H groups in total. The summed E-state index contributed by atoms with van der Waals surface area (Å²) < 4.78 is 0. The molecule has 2 aliphatic heterocycles. The van der Waals surface area contributed by atoms with Gasteiger partial charge in [0, 0.05) is 31.9 Å². The summed E-state index contributed by atoms with van der Waals surface area (Å²) >= 11 is 1.42. The van der Waals surface area contributed by atoms with Gasteiger partial charge in [0.25, 0.3) is 0 Å². The molecule has 0 unspecified atom stereocenters. The van der Waals surface area contributed by atoms with E-state index < -0.39 is 0 Å². The van der Waals surface area contributed by atoms with Gasteiger partial charge in [0.15, 0.2) is 0 Å². The molecule has 0 aliphatic carbocycles.